The zero-order valence-electron chi connectivity index (χ0n) is 13.2. The van der Waals surface area contributed by atoms with Crippen LogP contribution in [-0.2, 0) is 0 Å². The van der Waals surface area contributed by atoms with Gasteiger partial charge in [-0.3, -0.25) is 4.79 Å². The molecule has 2 aromatic rings. The molecule has 2 rings (SSSR count). The molecule has 0 amide bonds. The van der Waals surface area contributed by atoms with Gasteiger partial charge in [0.2, 0.25) is 0 Å². The number of hydrogen-bond acceptors (Lipinski definition) is 4. The fourth-order valence-electron chi connectivity index (χ4n) is 2.02. The Labute approximate surface area is 149 Å². The van der Waals surface area contributed by atoms with E-state index in [9.17, 15) is 4.79 Å². The topological polar surface area (TPSA) is 44.8 Å². The lowest BCUT2D eigenvalue weighted by Crippen LogP contribution is -2.06. The summed E-state index contributed by atoms with van der Waals surface area (Å²) in [4.78, 5) is 10.8. The molecule has 0 aliphatic rings. The van der Waals surface area contributed by atoms with E-state index in [1.807, 2.05) is 12.1 Å². The first-order valence-corrected chi connectivity index (χ1v) is 8.37. The van der Waals surface area contributed by atoms with Crippen LogP contribution in [0.2, 0.25) is 0 Å². The Morgan fingerprint density at radius 1 is 1.00 bits per heavy atom. The molecule has 0 saturated carbocycles. The van der Waals surface area contributed by atoms with Gasteiger partial charge in [0.05, 0.1) is 23.9 Å². The highest BCUT2D eigenvalue weighted by Gasteiger charge is 2.06. The standard InChI is InChI=1S/C18H19IO4/c1-13-4-6-16(15(19)10-13)22-8-3-9-23-17-7-5-14(12-20)11-18(17)21-2/h4-7,10-12H,3,8-9H2,1-2H3. The molecule has 0 fully saturated rings. The zero-order chi connectivity index (χ0) is 16.7. The monoisotopic (exact) mass is 426 g/mol. The number of benzene rings is 2. The second-order valence-electron chi connectivity index (χ2n) is 5.01. The fraction of sp³-hybridized carbons (Fsp3) is 0.278. The van der Waals surface area contributed by atoms with Gasteiger partial charge < -0.3 is 14.2 Å². The molecule has 0 spiro atoms. The van der Waals surface area contributed by atoms with Crippen LogP contribution in [0.3, 0.4) is 0 Å². The van der Waals surface area contributed by atoms with Crippen LogP contribution in [0.15, 0.2) is 36.4 Å². The van der Waals surface area contributed by atoms with Crippen LogP contribution < -0.4 is 14.2 Å². The molecule has 122 valence electrons. The van der Waals surface area contributed by atoms with Crippen molar-refractivity contribution in [2.75, 3.05) is 20.3 Å². The van der Waals surface area contributed by atoms with Crippen molar-refractivity contribution in [3.63, 3.8) is 0 Å². The molecule has 0 heterocycles. The van der Waals surface area contributed by atoms with Crippen LogP contribution in [0.5, 0.6) is 17.2 Å². The number of ether oxygens (including phenoxy) is 3. The van der Waals surface area contributed by atoms with Crippen molar-refractivity contribution in [3.8, 4) is 17.2 Å². The lowest BCUT2D eigenvalue weighted by molar-refractivity contribution is 0.112. The average Bonchev–Trinajstić information content (AvgIpc) is 2.56. The van der Waals surface area contributed by atoms with Crippen LogP contribution in [-0.4, -0.2) is 26.6 Å². The number of rotatable bonds is 8. The Hall–Kier alpha value is -1.76. The second kappa shape index (κ2) is 8.76. The number of halogens is 1. The number of aldehydes is 1. The Balaban J connectivity index is 1.80. The summed E-state index contributed by atoms with van der Waals surface area (Å²) in [6.07, 6.45) is 1.53. The highest BCUT2D eigenvalue weighted by Crippen LogP contribution is 2.27. The van der Waals surface area contributed by atoms with Crippen molar-refractivity contribution in [1.82, 2.24) is 0 Å². The Morgan fingerprint density at radius 2 is 1.70 bits per heavy atom. The molecule has 5 heteroatoms. The summed E-state index contributed by atoms with van der Waals surface area (Å²) in [6.45, 7) is 3.15. The summed E-state index contributed by atoms with van der Waals surface area (Å²) in [5.74, 6) is 2.08. The molecule has 0 aliphatic heterocycles. The van der Waals surface area contributed by atoms with Crippen molar-refractivity contribution < 1.29 is 19.0 Å². The van der Waals surface area contributed by atoms with Crippen LogP contribution >= 0.6 is 22.6 Å². The van der Waals surface area contributed by atoms with Gasteiger partial charge in [-0.1, -0.05) is 6.07 Å². The van der Waals surface area contributed by atoms with Gasteiger partial charge in [-0.05, 0) is 65.4 Å². The minimum Gasteiger partial charge on any atom is -0.493 e. The van der Waals surface area contributed by atoms with Gasteiger partial charge in [0, 0.05) is 12.0 Å². The normalized spacial score (nSPS) is 10.2. The maximum Gasteiger partial charge on any atom is 0.161 e. The maximum absolute atomic E-state index is 10.8. The minimum atomic E-state index is 0.513. The van der Waals surface area contributed by atoms with Crippen molar-refractivity contribution in [3.05, 3.63) is 51.1 Å². The predicted molar refractivity (Wildman–Crippen MR) is 97.9 cm³/mol. The molecular formula is C18H19IO4. The first kappa shape index (κ1) is 17.6. The SMILES string of the molecule is COc1cc(C=O)ccc1OCCCOc1ccc(C)cc1I. The number of hydrogen-bond donors (Lipinski definition) is 0. The third-order valence-electron chi connectivity index (χ3n) is 3.21. The smallest absolute Gasteiger partial charge is 0.161 e. The average molecular weight is 426 g/mol. The number of aryl methyl sites for hydroxylation is 1. The zero-order valence-corrected chi connectivity index (χ0v) is 15.3. The molecule has 0 radical (unpaired) electrons. The summed E-state index contributed by atoms with van der Waals surface area (Å²) in [7, 11) is 1.55. The van der Waals surface area contributed by atoms with Gasteiger partial charge in [-0.15, -0.1) is 0 Å². The molecule has 0 atom stereocenters. The van der Waals surface area contributed by atoms with Crippen LogP contribution in [0, 0.1) is 10.5 Å². The van der Waals surface area contributed by atoms with E-state index >= 15 is 0 Å². The van der Waals surface area contributed by atoms with Crippen molar-refractivity contribution in [2.24, 2.45) is 0 Å². The molecule has 0 aromatic heterocycles. The molecule has 2 aromatic carbocycles. The maximum atomic E-state index is 10.8. The predicted octanol–water partition coefficient (Wildman–Crippen LogP) is 4.27. The van der Waals surface area contributed by atoms with Gasteiger partial charge in [0.15, 0.2) is 11.5 Å². The van der Waals surface area contributed by atoms with Crippen LogP contribution in [0.4, 0.5) is 0 Å². The van der Waals surface area contributed by atoms with E-state index in [1.54, 1.807) is 25.3 Å². The van der Waals surface area contributed by atoms with Crippen LogP contribution in [0.25, 0.3) is 0 Å². The van der Waals surface area contributed by atoms with E-state index in [1.165, 1.54) is 5.56 Å². The van der Waals surface area contributed by atoms with E-state index in [0.717, 1.165) is 22.0 Å². The molecule has 0 N–H and O–H groups in total. The molecule has 0 aliphatic carbocycles. The molecule has 23 heavy (non-hydrogen) atoms. The molecule has 0 bridgehead atoms. The second-order valence-corrected chi connectivity index (χ2v) is 6.17. The summed E-state index contributed by atoms with van der Waals surface area (Å²) < 4.78 is 17.8. The van der Waals surface area contributed by atoms with Crippen molar-refractivity contribution in [2.45, 2.75) is 13.3 Å². The molecule has 4 nitrogen and oxygen atoms in total. The van der Waals surface area contributed by atoms with Crippen LogP contribution in [0.1, 0.15) is 22.3 Å². The third kappa shape index (κ3) is 5.13. The Kier molecular flexibility index (Phi) is 6.70. The van der Waals surface area contributed by atoms with Gasteiger partial charge in [0.25, 0.3) is 0 Å². The summed E-state index contributed by atoms with van der Waals surface area (Å²) >= 11 is 2.27. The highest BCUT2D eigenvalue weighted by atomic mass is 127. The third-order valence-corrected chi connectivity index (χ3v) is 4.06. The summed E-state index contributed by atoms with van der Waals surface area (Å²) in [5.41, 5.74) is 1.78. The van der Waals surface area contributed by atoms with Crippen molar-refractivity contribution in [1.29, 1.82) is 0 Å². The lowest BCUT2D eigenvalue weighted by Gasteiger charge is -2.12. The van der Waals surface area contributed by atoms with Gasteiger partial charge in [-0.25, -0.2) is 0 Å². The van der Waals surface area contributed by atoms with E-state index in [4.69, 9.17) is 14.2 Å². The fourth-order valence-corrected chi connectivity index (χ4v) is 2.85. The minimum absolute atomic E-state index is 0.513. The van der Waals surface area contributed by atoms with Gasteiger partial charge >= 0.3 is 0 Å². The van der Waals surface area contributed by atoms with E-state index in [2.05, 4.69) is 35.6 Å². The lowest BCUT2D eigenvalue weighted by atomic mass is 10.2. The summed E-state index contributed by atoms with van der Waals surface area (Å²) in [5, 5.41) is 0. The first-order valence-electron chi connectivity index (χ1n) is 7.29. The van der Waals surface area contributed by atoms with E-state index in [0.29, 0.717) is 30.3 Å². The number of methoxy groups -OCH3 is 1. The van der Waals surface area contributed by atoms with E-state index in [-0.39, 0.29) is 0 Å². The quantitative estimate of drug-likeness (QED) is 0.360. The Bertz CT molecular complexity index is 670. The van der Waals surface area contributed by atoms with Crippen molar-refractivity contribution >= 4 is 28.9 Å². The highest BCUT2D eigenvalue weighted by molar-refractivity contribution is 14.1. The van der Waals surface area contributed by atoms with Gasteiger partial charge in [-0.2, -0.15) is 0 Å². The largest absolute Gasteiger partial charge is 0.493 e. The number of carbonyl (C=O) groups excluding carboxylic acids is 1. The number of carbonyl (C=O) groups is 1. The van der Waals surface area contributed by atoms with Gasteiger partial charge in [0.1, 0.15) is 12.0 Å². The Morgan fingerprint density at radius 3 is 2.35 bits per heavy atom. The molecule has 0 saturated heterocycles. The molecular weight excluding hydrogens is 407 g/mol. The first-order chi connectivity index (χ1) is 11.1. The van der Waals surface area contributed by atoms with E-state index < -0.39 is 0 Å². The molecule has 0 unspecified atom stereocenters. The summed E-state index contributed by atoms with van der Waals surface area (Å²) in [6, 6.07) is 11.2.